The van der Waals surface area contributed by atoms with E-state index in [0.717, 1.165) is 0 Å². The van der Waals surface area contributed by atoms with Gasteiger partial charge in [0.15, 0.2) is 5.78 Å². The normalized spacial score (nSPS) is 21.3. The fraction of sp³-hybridized carbons (Fsp3) is 0.500. The summed E-state index contributed by atoms with van der Waals surface area (Å²) in [6.07, 6.45) is 1.07. The molecule has 5 heteroatoms. The first-order chi connectivity index (χ1) is 6.22. The average Bonchev–Trinajstić information content (AvgIpc) is 2.09. The van der Waals surface area contributed by atoms with E-state index < -0.39 is 12.4 Å². The van der Waals surface area contributed by atoms with Gasteiger partial charge in [0, 0.05) is 0 Å². The quantitative estimate of drug-likeness (QED) is 0.592. The van der Waals surface area contributed by atoms with E-state index in [0.29, 0.717) is 0 Å². The molecule has 1 heterocycles. The van der Waals surface area contributed by atoms with Crippen LogP contribution in [0.1, 0.15) is 6.92 Å². The zero-order valence-electron chi connectivity index (χ0n) is 7.19. The van der Waals surface area contributed by atoms with Gasteiger partial charge in [-0.1, -0.05) is 0 Å². The molecule has 0 radical (unpaired) electrons. The molecule has 0 aromatic rings. The SMILES string of the molecule is CCOC(=O)OC1C=CC(=O)CO1. The zero-order chi connectivity index (χ0) is 9.68. The van der Waals surface area contributed by atoms with Gasteiger partial charge in [-0.05, 0) is 19.1 Å². The molecule has 0 amide bonds. The van der Waals surface area contributed by atoms with E-state index >= 15 is 0 Å². The van der Waals surface area contributed by atoms with Crippen molar-refractivity contribution in [3.8, 4) is 0 Å². The highest BCUT2D eigenvalue weighted by Crippen LogP contribution is 2.04. The molecule has 0 bridgehead atoms. The lowest BCUT2D eigenvalue weighted by Gasteiger charge is -2.16. The van der Waals surface area contributed by atoms with Gasteiger partial charge in [-0.2, -0.15) is 0 Å². The van der Waals surface area contributed by atoms with Crippen molar-refractivity contribution >= 4 is 11.9 Å². The Morgan fingerprint density at radius 3 is 3.08 bits per heavy atom. The second-order valence-electron chi connectivity index (χ2n) is 2.31. The lowest BCUT2D eigenvalue weighted by Crippen LogP contribution is -2.26. The molecule has 0 aliphatic carbocycles. The van der Waals surface area contributed by atoms with Gasteiger partial charge in [-0.3, -0.25) is 4.79 Å². The summed E-state index contributed by atoms with van der Waals surface area (Å²) in [5.74, 6) is -0.149. The predicted molar refractivity (Wildman–Crippen MR) is 42.0 cm³/mol. The van der Waals surface area contributed by atoms with Crippen LogP contribution in [0.3, 0.4) is 0 Å². The molecule has 1 atom stereocenters. The van der Waals surface area contributed by atoms with Crippen molar-refractivity contribution < 1.29 is 23.8 Å². The van der Waals surface area contributed by atoms with E-state index in [9.17, 15) is 9.59 Å². The third-order valence-corrected chi connectivity index (χ3v) is 1.30. The molecule has 5 nitrogen and oxygen atoms in total. The Balaban J connectivity index is 2.34. The molecule has 0 aromatic carbocycles. The number of rotatable bonds is 2. The van der Waals surface area contributed by atoms with Gasteiger partial charge in [0.05, 0.1) is 6.61 Å². The van der Waals surface area contributed by atoms with Crippen LogP contribution in [0.5, 0.6) is 0 Å². The predicted octanol–water partition coefficient (Wildman–Crippen LogP) is 0.641. The molecular weight excluding hydrogens is 176 g/mol. The standard InChI is InChI=1S/C8H10O5/c1-2-11-8(10)13-7-4-3-6(9)5-12-7/h3-4,7H,2,5H2,1H3. The summed E-state index contributed by atoms with van der Waals surface area (Å²) in [5, 5.41) is 0. The Hall–Kier alpha value is -1.36. The second kappa shape index (κ2) is 4.61. The van der Waals surface area contributed by atoms with E-state index in [-0.39, 0.29) is 19.0 Å². The van der Waals surface area contributed by atoms with Crippen molar-refractivity contribution in [2.75, 3.05) is 13.2 Å². The van der Waals surface area contributed by atoms with Gasteiger partial charge in [0.1, 0.15) is 6.61 Å². The number of ketones is 1. The summed E-state index contributed by atoms with van der Waals surface area (Å²) in [6, 6.07) is 0. The molecule has 0 spiro atoms. The molecule has 0 saturated heterocycles. The Morgan fingerprint density at radius 1 is 1.77 bits per heavy atom. The highest BCUT2D eigenvalue weighted by atomic mass is 16.8. The monoisotopic (exact) mass is 186 g/mol. The second-order valence-corrected chi connectivity index (χ2v) is 2.31. The maximum Gasteiger partial charge on any atom is 0.510 e. The summed E-state index contributed by atoms with van der Waals surface area (Å²) < 4.78 is 14.0. The van der Waals surface area contributed by atoms with Crippen molar-refractivity contribution in [3.05, 3.63) is 12.2 Å². The fourth-order valence-corrected chi connectivity index (χ4v) is 0.774. The molecule has 1 unspecified atom stereocenters. The first-order valence-electron chi connectivity index (χ1n) is 3.88. The number of carbonyl (C=O) groups is 2. The minimum Gasteiger partial charge on any atom is -0.435 e. The minimum atomic E-state index is -0.809. The molecule has 0 saturated carbocycles. The van der Waals surface area contributed by atoms with Crippen LogP contribution >= 0.6 is 0 Å². The Morgan fingerprint density at radius 2 is 2.54 bits per heavy atom. The average molecular weight is 186 g/mol. The number of hydrogen-bond acceptors (Lipinski definition) is 5. The van der Waals surface area contributed by atoms with Crippen molar-refractivity contribution in [1.82, 2.24) is 0 Å². The molecule has 72 valence electrons. The third kappa shape index (κ3) is 3.25. The van der Waals surface area contributed by atoms with Crippen LogP contribution in [0.25, 0.3) is 0 Å². The largest absolute Gasteiger partial charge is 0.510 e. The van der Waals surface area contributed by atoms with Crippen LogP contribution in [0.2, 0.25) is 0 Å². The van der Waals surface area contributed by atoms with Crippen LogP contribution in [0, 0.1) is 0 Å². The van der Waals surface area contributed by atoms with Crippen molar-refractivity contribution in [2.24, 2.45) is 0 Å². The van der Waals surface area contributed by atoms with E-state index in [4.69, 9.17) is 4.74 Å². The topological polar surface area (TPSA) is 61.8 Å². The van der Waals surface area contributed by atoms with Crippen LogP contribution in [0.15, 0.2) is 12.2 Å². The Labute approximate surface area is 75.3 Å². The van der Waals surface area contributed by atoms with Crippen LogP contribution in [-0.2, 0) is 19.0 Å². The summed E-state index contributed by atoms with van der Waals surface area (Å²) in [4.78, 5) is 21.4. The molecule has 1 aliphatic heterocycles. The van der Waals surface area contributed by atoms with E-state index in [1.807, 2.05) is 0 Å². The van der Waals surface area contributed by atoms with Gasteiger partial charge in [0.25, 0.3) is 0 Å². The highest BCUT2D eigenvalue weighted by molar-refractivity contribution is 5.91. The Bertz CT molecular complexity index is 233. The summed E-state index contributed by atoms with van der Waals surface area (Å²) >= 11 is 0. The summed E-state index contributed by atoms with van der Waals surface area (Å²) in [7, 11) is 0. The number of carbonyl (C=O) groups excluding carboxylic acids is 2. The first-order valence-corrected chi connectivity index (χ1v) is 3.88. The molecule has 1 aliphatic rings. The first kappa shape index (κ1) is 9.73. The fourth-order valence-electron chi connectivity index (χ4n) is 0.774. The lowest BCUT2D eigenvalue weighted by atomic mass is 10.3. The van der Waals surface area contributed by atoms with Crippen molar-refractivity contribution in [1.29, 1.82) is 0 Å². The maximum atomic E-state index is 10.7. The smallest absolute Gasteiger partial charge is 0.435 e. The highest BCUT2D eigenvalue weighted by Gasteiger charge is 2.17. The zero-order valence-corrected chi connectivity index (χ0v) is 7.19. The van der Waals surface area contributed by atoms with Gasteiger partial charge < -0.3 is 14.2 Å². The molecule has 0 N–H and O–H groups in total. The Kier molecular flexibility index (Phi) is 3.45. The number of hydrogen-bond donors (Lipinski definition) is 0. The maximum absolute atomic E-state index is 10.7. The molecule has 13 heavy (non-hydrogen) atoms. The van der Waals surface area contributed by atoms with Crippen molar-refractivity contribution in [3.63, 3.8) is 0 Å². The molecule has 1 rings (SSSR count). The van der Waals surface area contributed by atoms with Crippen LogP contribution < -0.4 is 0 Å². The van der Waals surface area contributed by atoms with Gasteiger partial charge in [-0.15, -0.1) is 0 Å². The third-order valence-electron chi connectivity index (χ3n) is 1.30. The summed E-state index contributed by atoms with van der Waals surface area (Å²) in [6.45, 7) is 1.84. The van der Waals surface area contributed by atoms with Crippen molar-refractivity contribution in [2.45, 2.75) is 13.2 Å². The van der Waals surface area contributed by atoms with Gasteiger partial charge in [-0.25, -0.2) is 4.79 Å². The van der Waals surface area contributed by atoms with Crippen LogP contribution in [-0.4, -0.2) is 31.4 Å². The summed E-state index contributed by atoms with van der Waals surface area (Å²) in [5.41, 5.74) is 0. The molecular formula is C8H10O5. The van der Waals surface area contributed by atoms with Gasteiger partial charge in [0.2, 0.25) is 6.29 Å². The minimum absolute atomic E-state index is 0.0689. The van der Waals surface area contributed by atoms with Gasteiger partial charge >= 0.3 is 6.16 Å². The molecule has 0 fully saturated rings. The van der Waals surface area contributed by atoms with E-state index in [1.165, 1.54) is 12.2 Å². The lowest BCUT2D eigenvalue weighted by molar-refractivity contribution is -0.135. The van der Waals surface area contributed by atoms with E-state index in [1.54, 1.807) is 6.92 Å². The van der Waals surface area contributed by atoms with Crippen LogP contribution in [0.4, 0.5) is 4.79 Å². The van der Waals surface area contributed by atoms with E-state index in [2.05, 4.69) is 9.47 Å². The number of ether oxygens (including phenoxy) is 3. The molecule has 0 aromatic heterocycles.